The summed E-state index contributed by atoms with van der Waals surface area (Å²) in [5.41, 5.74) is -1.59. The zero-order valence-corrected chi connectivity index (χ0v) is 9.44. The maximum atomic E-state index is 13.7. The van der Waals surface area contributed by atoms with Crippen molar-refractivity contribution in [2.24, 2.45) is 0 Å². The summed E-state index contributed by atoms with van der Waals surface area (Å²) in [6.07, 6.45) is 0. The number of hydrogen-bond donors (Lipinski definition) is 0. The molecule has 17 heavy (non-hydrogen) atoms. The molecule has 0 bridgehead atoms. The molecule has 0 N–H and O–H groups in total. The molecule has 0 fully saturated rings. The Morgan fingerprint density at radius 1 is 1.35 bits per heavy atom. The normalized spacial score (nSPS) is 10.5. The molecule has 0 saturated heterocycles. The van der Waals surface area contributed by atoms with Gasteiger partial charge in [0.15, 0.2) is 0 Å². The van der Waals surface area contributed by atoms with Gasteiger partial charge >= 0.3 is 5.69 Å². The Morgan fingerprint density at radius 3 is 2.59 bits per heavy atom. The second-order valence-electron chi connectivity index (χ2n) is 2.87. The van der Waals surface area contributed by atoms with Crippen LogP contribution in [0.25, 0.3) is 11.5 Å². The number of aromatic nitrogens is 2. The predicted molar refractivity (Wildman–Crippen MR) is 54.0 cm³/mol. The van der Waals surface area contributed by atoms with Crippen LogP contribution in [0.1, 0.15) is 0 Å². The fraction of sp³-hybridized carbons (Fsp3) is 0. The van der Waals surface area contributed by atoms with E-state index in [1.165, 1.54) is 0 Å². The summed E-state index contributed by atoms with van der Waals surface area (Å²) in [7, 11) is 0. The maximum absolute atomic E-state index is 13.7. The first kappa shape index (κ1) is 11.6. The monoisotopic (exact) mass is 305 g/mol. The predicted octanol–water partition coefficient (Wildman–Crippen LogP) is 2.69. The number of halogens is 3. The summed E-state index contributed by atoms with van der Waals surface area (Å²) in [5.74, 6) is -2.86. The molecule has 0 aliphatic heterocycles. The first-order chi connectivity index (χ1) is 8.00. The van der Waals surface area contributed by atoms with Crippen molar-refractivity contribution in [3.8, 4) is 11.5 Å². The van der Waals surface area contributed by atoms with Crippen molar-refractivity contribution in [2.75, 3.05) is 0 Å². The van der Waals surface area contributed by atoms with Gasteiger partial charge in [-0.3, -0.25) is 10.1 Å². The lowest BCUT2D eigenvalue weighted by Crippen LogP contribution is -1.97. The van der Waals surface area contributed by atoms with Crippen LogP contribution in [-0.2, 0) is 0 Å². The van der Waals surface area contributed by atoms with E-state index in [0.717, 1.165) is 12.1 Å². The zero-order chi connectivity index (χ0) is 12.6. The lowest BCUT2D eigenvalue weighted by atomic mass is 10.1. The first-order valence-electron chi connectivity index (χ1n) is 4.12. The highest BCUT2D eigenvalue weighted by atomic mass is 79.9. The molecule has 1 heterocycles. The minimum atomic E-state index is -1.36. The van der Waals surface area contributed by atoms with Gasteiger partial charge in [0.1, 0.15) is 11.4 Å². The van der Waals surface area contributed by atoms with Crippen LogP contribution < -0.4 is 0 Å². The van der Waals surface area contributed by atoms with E-state index in [1.54, 1.807) is 0 Å². The van der Waals surface area contributed by atoms with Crippen molar-refractivity contribution in [3.63, 3.8) is 0 Å². The van der Waals surface area contributed by atoms with Crippen LogP contribution in [0.3, 0.4) is 0 Å². The lowest BCUT2D eigenvalue weighted by Gasteiger charge is -2.00. The van der Waals surface area contributed by atoms with E-state index in [9.17, 15) is 18.9 Å². The van der Waals surface area contributed by atoms with Gasteiger partial charge < -0.3 is 4.42 Å². The molecule has 0 aliphatic rings. The summed E-state index contributed by atoms with van der Waals surface area (Å²) in [6.45, 7) is 0. The van der Waals surface area contributed by atoms with E-state index in [1.807, 2.05) is 0 Å². The highest BCUT2D eigenvalue weighted by Gasteiger charge is 2.25. The second kappa shape index (κ2) is 4.17. The van der Waals surface area contributed by atoms with Crippen molar-refractivity contribution in [3.05, 3.63) is 38.7 Å². The highest BCUT2D eigenvalue weighted by molar-refractivity contribution is 9.10. The zero-order valence-electron chi connectivity index (χ0n) is 7.85. The van der Waals surface area contributed by atoms with E-state index < -0.39 is 33.7 Å². The summed E-state index contributed by atoms with van der Waals surface area (Å²) in [5, 5.41) is 17.2. The van der Waals surface area contributed by atoms with Gasteiger partial charge in [-0.25, -0.2) is 4.39 Å². The van der Waals surface area contributed by atoms with Crippen LogP contribution in [0.2, 0.25) is 0 Å². The number of nitro benzene ring substituents is 1. The van der Waals surface area contributed by atoms with Crippen LogP contribution in [0.5, 0.6) is 0 Å². The molecule has 0 spiro atoms. The molecule has 0 atom stereocenters. The SMILES string of the molecule is O=[N+]([O-])c1ccc(F)c(-c2nnc(Br)o2)c1F. The molecule has 0 saturated carbocycles. The van der Waals surface area contributed by atoms with Gasteiger partial charge in [-0.2, -0.15) is 4.39 Å². The Bertz CT molecular complexity index is 602. The molecule has 88 valence electrons. The van der Waals surface area contributed by atoms with Crippen LogP contribution in [0, 0.1) is 21.7 Å². The van der Waals surface area contributed by atoms with E-state index in [0.29, 0.717) is 0 Å². The molecule has 2 aromatic rings. The molecule has 1 aromatic carbocycles. The summed E-state index contributed by atoms with van der Waals surface area (Å²) in [4.78, 5) is 9.44. The number of hydrogen-bond acceptors (Lipinski definition) is 5. The Balaban J connectivity index is 2.68. The number of benzene rings is 1. The lowest BCUT2D eigenvalue weighted by molar-refractivity contribution is -0.387. The van der Waals surface area contributed by atoms with Gasteiger partial charge in [0, 0.05) is 22.0 Å². The third kappa shape index (κ3) is 2.00. The molecule has 0 amide bonds. The average molecular weight is 306 g/mol. The summed E-state index contributed by atoms with van der Waals surface area (Å²) in [6, 6.07) is 1.48. The summed E-state index contributed by atoms with van der Waals surface area (Å²) < 4.78 is 31.8. The molecule has 0 aliphatic carbocycles. The van der Waals surface area contributed by atoms with Crippen LogP contribution in [0.15, 0.2) is 21.3 Å². The largest absolute Gasteiger partial charge is 0.411 e. The molecule has 0 unspecified atom stereocenters. The molecular weight excluding hydrogens is 304 g/mol. The topological polar surface area (TPSA) is 82.1 Å². The van der Waals surface area contributed by atoms with Gasteiger partial charge in [-0.15, -0.1) is 10.2 Å². The van der Waals surface area contributed by atoms with Crippen LogP contribution in [-0.4, -0.2) is 15.1 Å². The van der Waals surface area contributed by atoms with Crippen molar-refractivity contribution >= 4 is 21.6 Å². The number of nitrogens with zero attached hydrogens (tertiary/aromatic N) is 3. The Hall–Kier alpha value is -1.90. The molecule has 2 rings (SSSR count). The van der Waals surface area contributed by atoms with E-state index in [2.05, 4.69) is 26.1 Å². The van der Waals surface area contributed by atoms with Gasteiger partial charge in [-0.1, -0.05) is 0 Å². The fourth-order valence-corrected chi connectivity index (χ4v) is 1.42. The Labute approximate surface area is 101 Å². The minimum Gasteiger partial charge on any atom is -0.411 e. The second-order valence-corrected chi connectivity index (χ2v) is 3.55. The van der Waals surface area contributed by atoms with Gasteiger partial charge in [-0.05, 0) is 6.07 Å². The molecule has 6 nitrogen and oxygen atoms in total. The molecule has 0 radical (unpaired) electrons. The Kier molecular flexibility index (Phi) is 2.84. The number of rotatable bonds is 2. The first-order valence-corrected chi connectivity index (χ1v) is 4.91. The van der Waals surface area contributed by atoms with E-state index in [-0.39, 0.29) is 4.80 Å². The number of nitro groups is 1. The minimum absolute atomic E-state index is 0.0854. The third-order valence-electron chi connectivity index (χ3n) is 1.88. The van der Waals surface area contributed by atoms with Crippen LogP contribution >= 0.6 is 15.9 Å². The van der Waals surface area contributed by atoms with Crippen molar-refractivity contribution in [1.29, 1.82) is 0 Å². The average Bonchev–Trinajstić information content (AvgIpc) is 2.64. The molecule has 9 heteroatoms. The van der Waals surface area contributed by atoms with Crippen molar-refractivity contribution < 1.29 is 18.1 Å². The van der Waals surface area contributed by atoms with Crippen LogP contribution in [0.4, 0.5) is 14.5 Å². The smallest absolute Gasteiger partial charge is 0.305 e. The van der Waals surface area contributed by atoms with Crippen molar-refractivity contribution in [1.82, 2.24) is 10.2 Å². The molecule has 1 aromatic heterocycles. The van der Waals surface area contributed by atoms with Gasteiger partial charge in [0.25, 0.3) is 10.7 Å². The summed E-state index contributed by atoms with van der Waals surface area (Å²) >= 11 is 2.81. The quantitative estimate of drug-likeness (QED) is 0.629. The van der Waals surface area contributed by atoms with Crippen molar-refractivity contribution in [2.45, 2.75) is 0 Å². The highest BCUT2D eigenvalue weighted by Crippen LogP contribution is 2.31. The van der Waals surface area contributed by atoms with Gasteiger partial charge in [0.2, 0.25) is 5.82 Å². The van der Waals surface area contributed by atoms with E-state index in [4.69, 9.17) is 4.42 Å². The van der Waals surface area contributed by atoms with E-state index >= 15 is 0 Å². The Morgan fingerprint density at radius 2 is 2.06 bits per heavy atom. The maximum Gasteiger partial charge on any atom is 0.305 e. The molecular formula is C8H2BrF2N3O3. The van der Waals surface area contributed by atoms with Gasteiger partial charge in [0.05, 0.1) is 4.92 Å². The third-order valence-corrected chi connectivity index (χ3v) is 2.20. The standard InChI is InChI=1S/C8H2BrF2N3O3/c9-8-13-12-7(17-8)5-3(10)1-2-4(6(5)11)14(15)16/h1-2H. The fourth-order valence-electron chi connectivity index (χ4n) is 1.18.